The molecule has 0 amide bonds. The minimum absolute atomic E-state index is 0.310. The van der Waals surface area contributed by atoms with Crippen LogP contribution >= 0.6 is 0 Å². The van der Waals surface area contributed by atoms with Gasteiger partial charge in [0.1, 0.15) is 0 Å². The fraction of sp³-hybridized carbons (Fsp3) is 0.100. The molecular formula is C10H9NO4S. The van der Waals surface area contributed by atoms with Gasteiger partial charge in [-0.15, -0.1) is 0 Å². The van der Waals surface area contributed by atoms with E-state index >= 15 is 0 Å². The molecule has 16 heavy (non-hydrogen) atoms. The van der Waals surface area contributed by atoms with Crippen LogP contribution in [0.4, 0.5) is 0 Å². The van der Waals surface area contributed by atoms with Crippen molar-refractivity contribution in [2.45, 2.75) is 6.42 Å². The zero-order chi connectivity index (χ0) is 11.9. The standard InChI is InChI=1S/C10H9NO4S/c11-7-1-2-9-6(3-7)4-8(5-10(9)12)16(13,14)15/h1-2,4-5H,3,11H2,(H,13,14,15). The second-order valence-corrected chi connectivity index (χ2v) is 4.98. The fourth-order valence-corrected chi connectivity index (χ4v) is 2.16. The van der Waals surface area contributed by atoms with Crippen molar-refractivity contribution in [3.63, 3.8) is 0 Å². The van der Waals surface area contributed by atoms with E-state index in [1.165, 1.54) is 6.08 Å². The number of nitrogens with two attached hydrogens (primary N) is 1. The Labute approximate surface area is 92.4 Å². The van der Waals surface area contributed by atoms with E-state index in [0.717, 1.165) is 6.08 Å². The minimum Gasteiger partial charge on any atom is -0.402 e. The van der Waals surface area contributed by atoms with Crippen LogP contribution in [0.3, 0.4) is 0 Å². The molecule has 5 nitrogen and oxygen atoms in total. The number of hydrogen-bond acceptors (Lipinski definition) is 4. The number of hydrogen-bond donors (Lipinski definition) is 2. The predicted octanol–water partition coefficient (Wildman–Crippen LogP) is 0.440. The molecule has 6 heteroatoms. The Kier molecular flexibility index (Phi) is 2.32. The second kappa shape index (κ2) is 3.43. The summed E-state index contributed by atoms with van der Waals surface area (Å²) in [5.41, 5.74) is 7.05. The van der Waals surface area contributed by atoms with Gasteiger partial charge in [-0.05, 0) is 23.8 Å². The van der Waals surface area contributed by atoms with Crippen LogP contribution in [0.5, 0.6) is 0 Å². The van der Waals surface area contributed by atoms with E-state index in [0.29, 0.717) is 23.3 Å². The number of carbonyl (C=O) groups is 1. The molecular weight excluding hydrogens is 230 g/mol. The molecule has 0 aromatic rings. The van der Waals surface area contributed by atoms with Gasteiger partial charge < -0.3 is 5.73 Å². The van der Waals surface area contributed by atoms with Crippen molar-refractivity contribution in [1.29, 1.82) is 0 Å². The van der Waals surface area contributed by atoms with Crippen LogP contribution < -0.4 is 5.73 Å². The monoisotopic (exact) mass is 239 g/mol. The molecule has 0 saturated heterocycles. The minimum atomic E-state index is -4.35. The Morgan fingerprint density at radius 3 is 2.56 bits per heavy atom. The fourth-order valence-electron chi connectivity index (χ4n) is 1.61. The Hall–Kier alpha value is -1.66. The van der Waals surface area contributed by atoms with Crippen molar-refractivity contribution in [2.24, 2.45) is 5.73 Å². The molecule has 0 saturated carbocycles. The van der Waals surface area contributed by atoms with E-state index in [-0.39, 0.29) is 4.91 Å². The molecule has 3 N–H and O–H groups in total. The van der Waals surface area contributed by atoms with Gasteiger partial charge in [-0.1, -0.05) is 0 Å². The highest BCUT2D eigenvalue weighted by Gasteiger charge is 2.25. The maximum Gasteiger partial charge on any atom is 0.294 e. The number of ketones is 1. The van der Waals surface area contributed by atoms with Crippen molar-refractivity contribution >= 4 is 15.9 Å². The lowest BCUT2D eigenvalue weighted by Crippen LogP contribution is -2.16. The quantitative estimate of drug-likeness (QED) is 0.647. The number of allylic oxidation sites excluding steroid dienone is 6. The topological polar surface area (TPSA) is 97.5 Å². The van der Waals surface area contributed by atoms with Gasteiger partial charge >= 0.3 is 0 Å². The molecule has 0 heterocycles. The molecule has 0 radical (unpaired) electrons. The van der Waals surface area contributed by atoms with Gasteiger partial charge in [0.25, 0.3) is 10.1 Å². The summed E-state index contributed by atoms with van der Waals surface area (Å²) in [6.07, 6.45) is 5.63. The van der Waals surface area contributed by atoms with Gasteiger partial charge in [-0.2, -0.15) is 8.42 Å². The van der Waals surface area contributed by atoms with Crippen LogP contribution in [0.1, 0.15) is 6.42 Å². The Morgan fingerprint density at radius 1 is 1.25 bits per heavy atom. The van der Waals surface area contributed by atoms with Crippen LogP contribution in [0.15, 0.2) is 46.1 Å². The maximum absolute atomic E-state index is 11.6. The predicted molar refractivity (Wildman–Crippen MR) is 57.7 cm³/mol. The van der Waals surface area contributed by atoms with E-state index in [4.69, 9.17) is 10.3 Å². The summed E-state index contributed by atoms with van der Waals surface area (Å²) >= 11 is 0. The molecule has 0 aliphatic heterocycles. The lowest BCUT2D eigenvalue weighted by molar-refractivity contribution is -0.111. The summed E-state index contributed by atoms with van der Waals surface area (Å²) in [6, 6.07) is 0. The molecule has 0 unspecified atom stereocenters. The first-order valence-corrected chi connectivity index (χ1v) is 5.93. The third-order valence-electron chi connectivity index (χ3n) is 2.36. The van der Waals surface area contributed by atoms with Gasteiger partial charge in [-0.25, -0.2) is 0 Å². The number of rotatable bonds is 1. The first kappa shape index (κ1) is 10.8. The van der Waals surface area contributed by atoms with Crippen LogP contribution in [-0.4, -0.2) is 18.8 Å². The number of carbonyl (C=O) groups excluding carboxylic acids is 1. The Bertz CT molecular complexity index is 590. The largest absolute Gasteiger partial charge is 0.402 e. The maximum atomic E-state index is 11.6. The molecule has 2 rings (SSSR count). The summed E-state index contributed by atoms with van der Waals surface area (Å²) in [5.74, 6) is -0.436. The molecule has 0 aromatic carbocycles. The van der Waals surface area contributed by atoms with E-state index < -0.39 is 15.9 Å². The van der Waals surface area contributed by atoms with Gasteiger partial charge in [0.2, 0.25) is 0 Å². The van der Waals surface area contributed by atoms with Crippen molar-refractivity contribution in [1.82, 2.24) is 0 Å². The summed E-state index contributed by atoms with van der Waals surface area (Å²) in [7, 11) is -4.35. The smallest absolute Gasteiger partial charge is 0.294 e. The van der Waals surface area contributed by atoms with Gasteiger partial charge in [-0.3, -0.25) is 9.35 Å². The Morgan fingerprint density at radius 2 is 1.94 bits per heavy atom. The molecule has 0 atom stereocenters. The zero-order valence-electron chi connectivity index (χ0n) is 8.17. The molecule has 0 bridgehead atoms. The van der Waals surface area contributed by atoms with Crippen molar-refractivity contribution < 1.29 is 17.8 Å². The third kappa shape index (κ3) is 1.84. The first-order valence-electron chi connectivity index (χ1n) is 4.49. The molecule has 0 spiro atoms. The molecule has 0 aromatic heterocycles. The second-order valence-electron chi connectivity index (χ2n) is 3.55. The van der Waals surface area contributed by atoms with Crippen molar-refractivity contribution in [2.75, 3.05) is 0 Å². The first-order chi connectivity index (χ1) is 7.38. The zero-order valence-corrected chi connectivity index (χ0v) is 8.99. The van der Waals surface area contributed by atoms with Crippen LogP contribution in [0, 0.1) is 0 Å². The normalized spacial score (nSPS) is 20.4. The van der Waals surface area contributed by atoms with Crippen LogP contribution in [-0.2, 0) is 14.9 Å². The van der Waals surface area contributed by atoms with E-state index in [2.05, 4.69) is 0 Å². The molecule has 2 aliphatic carbocycles. The highest BCUT2D eigenvalue weighted by Crippen LogP contribution is 2.29. The Balaban J connectivity index is 2.53. The highest BCUT2D eigenvalue weighted by molar-refractivity contribution is 7.90. The van der Waals surface area contributed by atoms with Crippen LogP contribution in [0.25, 0.3) is 0 Å². The molecule has 84 valence electrons. The van der Waals surface area contributed by atoms with E-state index in [1.54, 1.807) is 12.2 Å². The van der Waals surface area contributed by atoms with Gasteiger partial charge in [0.05, 0.1) is 4.91 Å². The van der Waals surface area contributed by atoms with E-state index in [9.17, 15) is 13.2 Å². The summed E-state index contributed by atoms with van der Waals surface area (Å²) in [6.45, 7) is 0. The third-order valence-corrected chi connectivity index (χ3v) is 3.19. The average molecular weight is 239 g/mol. The summed E-state index contributed by atoms with van der Waals surface area (Å²) in [4.78, 5) is 11.2. The average Bonchev–Trinajstić information content (AvgIpc) is 2.15. The summed E-state index contributed by atoms with van der Waals surface area (Å²) in [5, 5.41) is 0. The van der Waals surface area contributed by atoms with Gasteiger partial charge in [0, 0.05) is 23.8 Å². The van der Waals surface area contributed by atoms with Crippen molar-refractivity contribution in [3.05, 3.63) is 46.1 Å². The SMILES string of the molecule is NC1=CC=C2C(=O)C=C(S(=O)(=O)O)C=C2C1. The highest BCUT2D eigenvalue weighted by atomic mass is 32.2. The molecule has 2 aliphatic rings. The van der Waals surface area contributed by atoms with E-state index in [1.807, 2.05) is 0 Å². The number of fused-ring (bicyclic) bond motifs is 1. The van der Waals surface area contributed by atoms with Crippen molar-refractivity contribution in [3.8, 4) is 0 Å². The summed E-state index contributed by atoms with van der Waals surface area (Å²) < 4.78 is 30.7. The lowest BCUT2D eigenvalue weighted by atomic mass is 9.90. The van der Waals surface area contributed by atoms with Gasteiger partial charge in [0.15, 0.2) is 5.78 Å². The van der Waals surface area contributed by atoms with Crippen LogP contribution in [0.2, 0.25) is 0 Å². The molecule has 0 fully saturated rings. The lowest BCUT2D eigenvalue weighted by Gasteiger charge is -2.18.